The van der Waals surface area contributed by atoms with Crippen molar-refractivity contribution < 1.29 is 27.5 Å². The van der Waals surface area contributed by atoms with Crippen LogP contribution in [-0.4, -0.2) is 16.1 Å². The van der Waals surface area contributed by atoms with Crippen molar-refractivity contribution in [3.63, 3.8) is 0 Å². The summed E-state index contributed by atoms with van der Waals surface area (Å²) in [7, 11) is 0. The fourth-order valence-corrected chi connectivity index (χ4v) is 1.45. The second-order valence-electron chi connectivity index (χ2n) is 3.70. The van der Waals surface area contributed by atoms with Crippen molar-refractivity contribution in [3.05, 3.63) is 53.4 Å². The molecule has 2 N–H and O–H groups in total. The number of hydrogen-bond donors (Lipinski definition) is 2. The lowest BCUT2D eigenvalue weighted by molar-refractivity contribution is 0.0690. The molecule has 104 valence electrons. The predicted octanol–water partition coefficient (Wildman–Crippen LogP) is 3.08. The molecule has 0 bridgehead atoms. The molecule has 0 amide bonds. The van der Waals surface area contributed by atoms with E-state index in [2.05, 4.69) is 10.3 Å². The molecule has 0 aliphatic rings. The molecular weight excluding hydrogens is 280 g/mol. The molecule has 0 fully saturated rings. The summed E-state index contributed by atoms with van der Waals surface area (Å²) in [6, 6.07) is 2.23. The lowest BCUT2D eigenvalue weighted by Gasteiger charge is -2.10. The summed E-state index contributed by atoms with van der Waals surface area (Å²) in [6.45, 7) is 0. The van der Waals surface area contributed by atoms with Crippen LogP contribution in [0.25, 0.3) is 0 Å². The number of hydrogen-bond acceptors (Lipinski definition) is 3. The van der Waals surface area contributed by atoms with E-state index >= 15 is 0 Å². The minimum Gasteiger partial charge on any atom is -0.477 e. The summed E-state index contributed by atoms with van der Waals surface area (Å²) in [6.07, 6.45) is 1.07. The number of aromatic carboxylic acids is 1. The molecule has 0 saturated heterocycles. The first-order valence-corrected chi connectivity index (χ1v) is 5.19. The van der Waals surface area contributed by atoms with Gasteiger partial charge in [-0.15, -0.1) is 0 Å². The molecule has 20 heavy (non-hydrogen) atoms. The van der Waals surface area contributed by atoms with E-state index in [9.17, 15) is 22.4 Å². The average molecular weight is 286 g/mol. The van der Waals surface area contributed by atoms with Gasteiger partial charge in [0.25, 0.3) is 0 Å². The standard InChI is InChI=1S/C12H6F4N2O2/c13-6-4-7(14)10(16)11(9(6)15)18-5-1-2-17-8(3-5)12(19)20/h1-4H,(H,17,18)(H,19,20). The highest BCUT2D eigenvalue weighted by Crippen LogP contribution is 2.27. The average Bonchev–Trinajstić information content (AvgIpc) is 2.42. The molecule has 2 aromatic rings. The van der Waals surface area contributed by atoms with Crippen molar-refractivity contribution in [1.82, 2.24) is 4.98 Å². The molecule has 0 aliphatic heterocycles. The maximum atomic E-state index is 13.4. The molecule has 0 radical (unpaired) electrons. The fourth-order valence-electron chi connectivity index (χ4n) is 1.45. The van der Waals surface area contributed by atoms with E-state index in [1.165, 1.54) is 6.07 Å². The zero-order chi connectivity index (χ0) is 14.9. The number of carboxylic acids is 1. The van der Waals surface area contributed by atoms with Crippen LogP contribution < -0.4 is 5.32 Å². The van der Waals surface area contributed by atoms with Crippen LogP contribution in [-0.2, 0) is 0 Å². The number of aromatic nitrogens is 1. The highest BCUT2D eigenvalue weighted by atomic mass is 19.2. The Morgan fingerprint density at radius 1 is 1.10 bits per heavy atom. The first-order valence-electron chi connectivity index (χ1n) is 5.19. The van der Waals surface area contributed by atoms with Gasteiger partial charge < -0.3 is 10.4 Å². The number of halogens is 4. The molecule has 8 heteroatoms. The van der Waals surface area contributed by atoms with Gasteiger partial charge in [-0.2, -0.15) is 0 Å². The molecular formula is C12H6F4N2O2. The third kappa shape index (κ3) is 2.53. The topological polar surface area (TPSA) is 62.2 Å². The zero-order valence-electron chi connectivity index (χ0n) is 9.62. The summed E-state index contributed by atoms with van der Waals surface area (Å²) < 4.78 is 52.8. The van der Waals surface area contributed by atoms with E-state index in [1.54, 1.807) is 0 Å². The smallest absolute Gasteiger partial charge is 0.354 e. The SMILES string of the molecule is O=C(O)c1cc(Nc2c(F)c(F)cc(F)c2F)ccn1. The van der Waals surface area contributed by atoms with Crippen LogP contribution in [0, 0.1) is 23.3 Å². The quantitative estimate of drug-likeness (QED) is 0.672. The van der Waals surface area contributed by atoms with Gasteiger partial charge in [0.15, 0.2) is 23.3 Å². The minimum absolute atomic E-state index is 0.0745. The van der Waals surface area contributed by atoms with E-state index in [4.69, 9.17) is 5.11 Å². The molecule has 1 aromatic carbocycles. The van der Waals surface area contributed by atoms with Crippen LogP contribution in [0.1, 0.15) is 10.5 Å². The van der Waals surface area contributed by atoms with Crippen LogP contribution in [0.4, 0.5) is 28.9 Å². The first-order chi connectivity index (χ1) is 9.40. The van der Waals surface area contributed by atoms with Crippen molar-refractivity contribution in [2.24, 2.45) is 0 Å². The van der Waals surface area contributed by atoms with E-state index in [0.29, 0.717) is 0 Å². The molecule has 1 heterocycles. The van der Waals surface area contributed by atoms with Crippen molar-refractivity contribution in [1.29, 1.82) is 0 Å². The predicted molar refractivity (Wildman–Crippen MR) is 60.8 cm³/mol. The third-order valence-electron chi connectivity index (χ3n) is 2.36. The molecule has 0 atom stereocenters. The van der Waals surface area contributed by atoms with Crippen molar-refractivity contribution in [2.45, 2.75) is 0 Å². The van der Waals surface area contributed by atoms with Crippen LogP contribution in [0.15, 0.2) is 24.4 Å². The number of carbonyl (C=O) groups is 1. The van der Waals surface area contributed by atoms with Gasteiger partial charge in [-0.3, -0.25) is 0 Å². The van der Waals surface area contributed by atoms with Gasteiger partial charge in [-0.1, -0.05) is 0 Å². The molecule has 0 unspecified atom stereocenters. The van der Waals surface area contributed by atoms with Crippen molar-refractivity contribution in [3.8, 4) is 0 Å². The molecule has 1 aromatic heterocycles. The molecule has 0 spiro atoms. The number of anilines is 2. The van der Waals surface area contributed by atoms with Crippen LogP contribution >= 0.6 is 0 Å². The Balaban J connectivity index is 2.45. The molecule has 0 saturated carbocycles. The summed E-state index contributed by atoms with van der Waals surface area (Å²) in [5.74, 6) is -7.73. The number of benzene rings is 1. The van der Waals surface area contributed by atoms with Crippen molar-refractivity contribution in [2.75, 3.05) is 5.32 Å². The van der Waals surface area contributed by atoms with Crippen LogP contribution in [0.5, 0.6) is 0 Å². The van der Waals surface area contributed by atoms with E-state index < -0.39 is 40.6 Å². The number of nitrogens with one attached hydrogen (secondary N) is 1. The zero-order valence-corrected chi connectivity index (χ0v) is 9.62. The second kappa shape index (κ2) is 5.16. The van der Waals surface area contributed by atoms with E-state index in [-0.39, 0.29) is 11.8 Å². The Labute approximate surface area is 109 Å². The van der Waals surface area contributed by atoms with E-state index in [1.807, 2.05) is 0 Å². The number of pyridine rings is 1. The van der Waals surface area contributed by atoms with Crippen molar-refractivity contribution >= 4 is 17.3 Å². The summed E-state index contributed by atoms with van der Waals surface area (Å²) in [4.78, 5) is 14.2. The molecule has 0 aliphatic carbocycles. The largest absolute Gasteiger partial charge is 0.477 e. The van der Waals surface area contributed by atoms with Gasteiger partial charge >= 0.3 is 5.97 Å². The maximum absolute atomic E-state index is 13.4. The number of carboxylic acid groups (broad SMARTS) is 1. The Hall–Kier alpha value is -2.64. The highest BCUT2D eigenvalue weighted by molar-refractivity contribution is 5.86. The van der Waals surface area contributed by atoms with Gasteiger partial charge in [0.1, 0.15) is 11.4 Å². The fraction of sp³-hybridized carbons (Fsp3) is 0. The van der Waals surface area contributed by atoms with Gasteiger partial charge in [-0.25, -0.2) is 27.3 Å². The summed E-state index contributed by atoms with van der Waals surface area (Å²) >= 11 is 0. The summed E-state index contributed by atoms with van der Waals surface area (Å²) in [5, 5.41) is 10.8. The Morgan fingerprint density at radius 3 is 2.25 bits per heavy atom. The van der Waals surface area contributed by atoms with Crippen LogP contribution in [0.2, 0.25) is 0 Å². The Bertz CT molecular complexity index is 665. The van der Waals surface area contributed by atoms with Gasteiger partial charge in [0, 0.05) is 18.0 Å². The lowest BCUT2D eigenvalue weighted by Crippen LogP contribution is -2.05. The Kier molecular flexibility index (Phi) is 3.55. The molecule has 4 nitrogen and oxygen atoms in total. The molecule has 2 rings (SSSR count). The van der Waals surface area contributed by atoms with Gasteiger partial charge in [0.05, 0.1) is 0 Å². The van der Waals surface area contributed by atoms with Gasteiger partial charge in [-0.05, 0) is 12.1 Å². The normalized spacial score (nSPS) is 10.4. The monoisotopic (exact) mass is 286 g/mol. The maximum Gasteiger partial charge on any atom is 0.354 e. The minimum atomic E-state index is -1.61. The summed E-state index contributed by atoms with van der Waals surface area (Å²) in [5.41, 5.74) is -1.53. The Morgan fingerprint density at radius 2 is 1.70 bits per heavy atom. The highest BCUT2D eigenvalue weighted by Gasteiger charge is 2.19. The third-order valence-corrected chi connectivity index (χ3v) is 2.36. The van der Waals surface area contributed by atoms with Gasteiger partial charge in [0.2, 0.25) is 0 Å². The first kappa shape index (κ1) is 13.8. The number of nitrogens with zero attached hydrogens (tertiary/aromatic N) is 1. The van der Waals surface area contributed by atoms with E-state index in [0.717, 1.165) is 12.3 Å². The lowest BCUT2D eigenvalue weighted by atomic mass is 10.2. The second-order valence-corrected chi connectivity index (χ2v) is 3.70. The number of rotatable bonds is 3. The van der Waals surface area contributed by atoms with Crippen LogP contribution in [0.3, 0.4) is 0 Å².